The zero-order valence-electron chi connectivity index (χ0n) is 4.96. The first-order chi connectivity index (χ1) is 4.31. The Kier molecular flexibility index (Phi) is 4.76. The first kappa shape index (κ1) is 8.13. The first-order valence-corrected chi connectivity index (χ1v) is 2.48. The van der Waals surface area contributed by atoms with Crippen LogP contribution < -0.4 is 5.48 Å². The van der Waals surface area contributed by atoms with E-state index in [2.05, 4.69) is 16.9 Å². The fourth-order valence-corrected chi connectivity index (χ4v) is 0.209. The van der Waals surface area contributed by atoms with Crippen LogP contribution in [0.25, 0.3) is 0 Å². The molecule has 0 unspecified atom stereocenters. The maximum absolute atomic E-state index is 10.2. The molecule has 0 aliphatic rings. The van der Waals surface area contributed by atoms with Crippen molar-refractivity contribution >= 4 is 5.97 Å². The molecular weight excluding hydrogens is 122 g/mol. The van der Waals surface area contributed by atoms with Crippen molar-refractivity contribution in [1.82, 2.24) is 5.48 Å². The summed E-state index contributed by atoms with van der Waals surface area (Å²) in [5, 5.41) is 8.17. The predicted octanol–water partition coefficient (Wildman–Crippen LogP) is -0.788. The summed E-state index contributed by atoms with van der Waals surface area (Å²) in [7, 11) is 0. The highest BCUT2D eigenvalue weighted by Crippen LogP contribution is 1.70. The van der Waals surface area contributed by atoms with Gasteiger partial charge in [-0.05, 0) is 0 Å². The first-order valence-electron chi connectivity index (χ1n) is 2.48. The van der Waals surface area contributed by atoms with Crippen LogP contribution in [0.5, 0.6) is 0 Å². The second kappa shape index (κ2) is 5.27. The lowest BCUT2D eigenvalue weighted by molar-refractivity contribution is -0.145. The minimum Gasteiger partial charge on any atom is -0.395 e. The van der Waals surface area contributed by atoms with Crippen LogP contribution in [0.4, 0.5) is 0 Å². The van der Waals surface area contributed by atoms with Gasteiger partial charge in [-0.25, -0.2) is 4.79 Å². The van der Waals surface area contributed by atoms with Gasteiger partial charge in [-0.15, -0.1) is 0 Å². The normalized spacial score (nSPS) is 8.56. The zero-order valence-corrected chi connectivity index (χ0v) is 4.96. The summed E-state index contributed by atoms with van der Waals surface area (Å²) < 4.78 is 0. The van der Waals surface area contributed by atoms with Gasteiger partial charge in [-0.1, -0.05) is 6.58 Å². The van der Waals surface area contributed by atoms with E-state index in [0.29, 0.717) is 0 Å². The highest BCUT2D eigenvalue weighted by Gasteiger charge is 1.91. The molecule has 2 N–H and O–H groups in total. The van der Waals surface area contributed by atoms with E-state index in [1.807, 2.05) is 0 Å². The molecule has 0 aliphatic carbocycles. The van der Waals surface area contributed by atoms with Crippen molar-refractivity contribution in [2.75, 3.05) is 13.2 Å². The standard InChI is InChI=1S/C5H9NO3/c1-2-5(8)9-6-3-4-7/h2,6-7H,1,3-4H2. The van der Waals surface area contributed by atoms with Crippen molar-refractivity contribution in [1.29, 1.82) is 0 Å². The summed E-state index contributed by atoms with van der Waals surface area (Å²) in [5.74, 6) is -0.552. The molecule has 52 valence electrons. The van der Waals surface area contributed by atoms with Crippen LogP contribution in [-0.4, -0.2) is 24.2 Å². The summed E-state index contributed by atoms with van der Waals surface area (Å²) in [6.07, 6.45) is 1.03. The summed E-state index contributed by atoms with van der Waals surface area (Å²) >= 11 is 0. The summed E-state index contributed by atoms with van der Waals surface area (Å²) in [5.41, 5.74) is 2.21. The van der Waals surface area contributed by atoms with E-state index in [1.54, 1.807) is 0 Å². The van der Waals surface area contributed by atoms with Gasteiger partial charge in [0.25, 0.3) is 0 Å². The molecule has 9 heavy (non-hydrogen) atoms. The van der Waals surface area contributed by atoms with Crippen molar-refractivity contribution in [3.63, 3.8) is 0 Å². The number of nitrogens with one attached hydrogen (secondary N) is 1. The quantitative estimate of drug-likeness (QED) is 0.298. The van der Waals surface area contributed by atoms with E-state index >= 15 is 0 Å². The molecule has 0 bridgehead atoms. The highest BCUT2D eigenvalue weighted by atomic mass is 16.7. The topological polar surface area (TPSA) is 58.6 Å². The van der Waals surface area contributed by atoms with Crippen molar-refractivity contribution in [3.8, 4) is 0 Å². The average Bonchev–Trinajstić information content (AvgIpc) is 1.89. The minimum atomic E-state index is -0.552. The molecule has 4 nitrogen and oxygen atoms in total. The highest BCUT2D eigenvalue weighted by molar-refractivity contribution is 5.80. The van der Waals surface area contributed by atoms with E-state index in [4.69, 9.17) is 5.11 Å². The molecule has 0 rings (SSSR count). The number of aliphatic hydroxyl groups is 1. The molecular formula is C5H9NO3. The average molecular weight is 131 g/mol. The van der Waals surface area contributed by atoms with Crippen molar-refractivity contribution < 1.29 is 14.7 Å². The van der Waals surface area contributed by atoms with Crippen LogP contribution in [0.15, 0.2) is 12.7 Å². The Balaban J connectivity index is 3.07. The van der Waals surface area contributed by atoms with Crippen LogP contribution in [0.1, 0.15) is 0 Å². The van der Waals surface area contributed by atoms with Crippen LogP contribution in [0.2, 0.25) is 0 Å². The third-order valence-corrected chi connectivity index (χ3v) is 0.553. The number of carbonyl (C=O) groups is 1. The smallest absolute Gasteiger partial charge is 0.348 e. The zero-order chi connectivity index (χ0) is 7.11. The van der Waals surface area contributed by atoms with Crippen molar-refractivity contribution in [2.45, 2.75) is 0 Å². The van der Waals surface area contributed by atoms with Gasteiger partial charge in [0.05, 0.1) is 13.2 Å². The van der Waals surface area contributed by atoms with Gasteiger partial charge >= 0.3 is 5.97 Å². The number of rotatable bonds is 4. The van der Waals surface area contributed by atoms with Crippen LogP contribution in [0, 0.1) is 0 Å². The van der Waals surface area contributed by atoms with Crippen LogP contribution >= 0.6 is 0 Å². The molecule has 0 fully saturated rings. The molecule has 0 amide bonds. The van der Waals surface area contributed by atoms with Gasteiger partial charge in [0.1, 0.15) is 0 Å². The maximum atomic E-state index is 10.2. The van der Waals surface area contributed by atoms with E-state index in [-0.39, 0.29) is 13.2 Å². The lowest BCUT2D eigenvalue weighted by Gasteiger charge is -1.98. The number of aliphatic hydroxyl groups excluding tert-OH is 1. The Hall–Kier alpha value is -0.870. The summed E-state index contributed by atoms with van der Waals surface area (Å²) in [6.45, 7) is 3.33. The summed E-state index contributed by atoms with van der Waals surface area (Å²) in [4.78, 5) is 14.5. The number of hydroxylamine groups is 1. The Morgan fingerprint density at radius 1 is 1.89 bits per heavy atom. The number of hydrogen-bond acceptors (Lipinski definition) is 4. The molecule has 4 heteroatoms. The van der Waals surface area contributed by atoms with Gasteiger partial charge in [0, 0.05) is 6.08 Å². The third-order valence-electron chi connectivity index (χ3n) is 0.553. The SMILES string of the molecule is C=CC(=O)ONCCO. The minimum absolute atomic E-state index is 0.0651. The number of carbonyl (C=O) groups excluding carboxylic acids is 1. The molecule has 0 saturated carbocycles. The Morgan fingerprint density at radius 3 is 3.00 bits per heavy atom. The Morgan fingerprint density at radius 2 is 2.56 bits per heavy atom. The van der Waals surface area contributed by atoms with Gasteiger partial charge in [0.15, 0.2) is 0 Å². The molecule has 0 aromatic carbocycles. The number of hydrogen-bond donors (Lipinski definition) is 2. The lowest BCUT2D eigenvalue weighted by Crippen LogP contribution is -2.21. The fourth-order valence-electron chi connectivity index (χ4n) is 0.209. The third kappa shape index (κ3) is 4.99. The largest absolute Gasteiger partial charge is 0.395 e. The lowest BCUT2D eigenvalue weighted by atomic mass is 10.7. The van der Waals surface area contributed by atoms with Gasteiger partial charge < -0.3 is 9.94 Å². The molecule has 0 radical (unpaired) electrons. The second-order valence-electron chi connectivity index (χ2n) is 1.24. The second-order valence-corrected chi connectivity index (χ2v) is 1.24. The van der Waals surface area contributed by atoms with E-state index in [9.17, 15) is 4.79 Å². The van der Waals surface area contributed by atoms with Crippen molar-refractivity contribution in [3.05, 3.63) is 12.7 Å². The summed E-state index contributed by atoms with van der Waals surface area (Å²) in [6, 6.07) is 0. The van der Waals surface area contributed by atoms with Crippen LogP contribution in [0.3, 0.4) is 0 Å². The van der Waals surface area contributed by atoms with Crippen molar-refractivity contribution in [2.24, 2.45) is 0 Å². The van der Waals surface area contributed by atoms with E-state index < -0.39 is 5.97 Å². The Bertz CT molecular complexity index is 102. The van der Waals surface area contributed by atoms with Gasteiger partial charge in [0.2, 0.25) is 0 Å². The predicted molar refractivity (Wildman–Crippen MR) is 31.4 cm³/mol. The molecule has 0 aromatic rings. The Labute approximate surface area is 53.1 Å². The van der Waals surface area contributed by atoms with Gasteiger partial charge in [-0.3, -0.25) is 0 Å². The maximum Gasteiger partial charge on any atom is 0.348 e. The molecule has 0 spiro atoms. The fraction of sp³-hybridized carbons (Fsp3) is 0.400. The van der Waals surface area contributed by atoms with Crippen LogP contribution in [-0.2, 0) is 9.63 Å². The van der Waals surface area contributed by atoms with Gasteiger partial charge in [-0.2, -0.15) is 5.48 Å². The van der Waals surface area contributed by atoms with E-state index in [0.717, 1.165) is 6.08 Å². The molecule has 0 atom stereocenters. The monoisotopic (exact) mass is 131 g/mol. The van der Waals surface area contributed by atoms with E-state index in [1.165, 1.54) is 0 Å². The molecule has 0 saturated heterocycles. The molecule has 0 aromatic heterocycles. The molecule has 0 heterocycles. The molecule has 0 aliphatic heterocycles.